The molecule has 3 nitrogen and oxygen atoms in total. The highest BCUT2D eigenvalue weighted by Crippen LogP contribution is 2.54. The van der Waals surface area contributed by atoms with Gasteiger partial charge in [-0.3, -0.25) is 4.98 Å². The van der Waals surface area contributed by atoms with Crippen molar-refractivity contribution >= 4 is 6.08 Å². The molecule has 3 aromatic rings. The summed E-state index contributed by atoms with van der Waals surface area (Å²) >= 11 is 0. The standard InChI is InChI=1S/C26H28FN3/c1-26-17-19-18-29-30(24-13-11-22(27)12-14-24)25(19)16-21(26)10-9-20(26)6-2-3-7-23-8-4-5-15-28-23/h4-5,8,11-16,18,20H,2-3,6-7,9-10,17H2,1H3/t20-,26+/m0/s1. The van der Waals surface area contributed by atoms with Crippen molar-refractivity contribution in [3.8, 4) is 5.69 Å². The van der Waals surface area contributed by atoms with Crippen LogP contribution in [-0.2, 0) is 12.8 Å². The van der Waals surface area contributed by atoms with E-state index in [1.54, 1.807) is 17.7 Å². The summed E-state index contributed by atoms with van der Waals surface area (Å²) in [4.78, 5) is 4.45. The molecule has 0 radical (unpaired) electrons. The van der Waals surface area contributed by atoms with E-state index in [9.17, 15) is 4.39 Å². The molecule has 1 saturated carbocycles. The average molecular weight is 402 g/mol. The lowest BCUT2D eigenvalue weighted by Gasteiger charge is -2.36. The second kappa shape index (κ2) is 7.82. The van der Waals surface area contributed by atoms with Crippen LogP contribution in [0.2, 0.25) is 0 Å². The van der Waals surface area contributed by atoms with Crippen LogP contribution in [-0.4, -0.2) is 14.8 Å². The monoisotopic (exact) mass is 401 g/mol. The van der Waals surface area contributed by atoms with E-state index >= 15 is 0 Å². The summed E-state index contributed by atoms with van der Waals surface area (Å²) in [6.45, 7) is 2.45. The van der Waals surface area contributed by atoms with Gasteiger partial charge < -0.3 is 0 Å². The number of unbranched alkanes of at least 4 members (excludes halogenated alkanes) is 1. The summed E-state index contributed by atoms with van der Waals surface area (Å²) < 4.78 is 15.3. The fourth-order valence-electron chi connectivity index (χ4n) is 5.43. The van der Waals surface area contributed by atoms with E-state index in [2.05, 4.69) is 35.2 Å². The van der Waals surface area contributed by atoms with Gasteiger partial charge in [0.2, 0.25) is 0 Å². The number of hydrogen-bond acceptors (Lipinski definition) is 2. The molecule has 30 heavy (non-hydrogen) atoms. The predicted octanol–water partition coefficient (Wildman–Crippen LogP) is 6.18. The summed E-state index contributed by atoms with van der Waals surface area (Å²) in [5, 5.41) is 4.63. The number of nitrogens with zero attached hydrogens (tertiary/aromatic N) is 3. The van der Waals surface area contributed by atoms with Gasteiger partial charge in [-0.05, 0) is 97.9 Å². The van der Waals surface area contributed by atoms with Crippen LogP contribution in [0.5, 0.6) is 0 Å². The molecule has 2 aromatic heterocycles. The smallest absolute Gasteiger partial charge is 0.123 e. The van der Waals surface area contributed by atoms with Crippen molar-refractivity contribution in [2.75, 3.05) is 0 Å². The minimum Gasteiger partial charge on any atom is -0.261 e. The van der Waals surface area contributed by atoms with Gasteiger partial charge in [-0.15, -0.1) is 0 Å². The molecular weight excluding hydrogens is 373 g/mol. The maximum Gasteiger partial charge on any atom is 0.123 e. The molecule has 1 aromatic carbocycles. The number of rotatable bonds is 6. The van der Waals surface area contributed by atoms with Crippen LogP contribution in [0, 0.1) is 17.2 Å². The fourth-order valence-corrected chi connectivity index (χ4v) is 5.43. The van der Waals surface area contributed by atoms with Crippen molar-refractivity contribution in [2.24, 2.45) is 11.3 Å². The number of benzene rings is 1. The summed E-state index contributed by atoms with van der Waals surface area (Å²) in [6.07, 6.45) is 14.6. The van der Waals surface area contributed by atoms with Crippen molar-refractivity contribution in [1.82, 2.24) is 14.8 Å². The molecule has 4 heteroatoms. The van der Waals surface area contributed by atoms with Crippen molar-refractivity contribution in [3.63, 3.8) is 0 Å². The van der Waals surface area contributed by atoms with Gasteiger partial charge in [0, 0.05) is 11.9 Å². The van der Waals surface area contributed by atoms with Crippen LogP contribution in [0.3, 0.4) is 0 Å². The van der Waals surface area contributed by atoms with Gasteiger partial charge in [0.25, 0.3) is 0 Å². The second-order valence-corrected chi connectivity index (χ2v) is 9.01. The molecule has 2 heterocycles. The molecule has 0 spiro atoms. The highest BCUT2D eigenvalue weighted by molar-refractivity contribution is 5.61. The molecule has 0 saturated heterocycles. The number of hydrogen-bond donors (Lipinski definition) is 0. The first-order chi connectivity index (χ1) is 14.6. The Morgan fingerprint density at radius 2 is 2.00 bits per heavy atom. The largest absolute Gasteiger partial charge is 0.261 e. The third kappa shape index (κ3) is 3.49. The van der Waals surface area contributed by atoms with E-state index in [1.807, 2.05) is 23.1 Å². The predicted molar refractivity (Wildman–Crippen MR) is 118 cm³/mol. The molecule has 2 atom stereocenters. The van der Waals surface area contributed by atoms with E-state index in [1.165, 1.54) is 61.2 Å². The third-order valence-electron chi connectivity index (χ3n) is 7.18. The molecule has 0 aliphatic heterocycles. The normalized spacial score (nSPS) is 22.5. The SMILES string of the molecule is C[C@]12Cc3cnn(-c4ccc(F)cc4)c3C=C1CC[C@@H]2CCCCc1ccccn1. The van der Waals surface area contributed by atoms with Crippen molar-refractivity contribution in [1.29, 1.82) is 0 Å². The fraction of sp³-hybridized carbons (Fsp3) is 0.385. The lowest BCUT2D eigenvalue weighted by atomic mass is 9.68. The molecular formula is C26H28FN3. The number of aryl methyl sites for hydroxylation is 1. The zero-order valence-corrected chi connectivity index (χ0v) is 17.5. The van der Waals surface area contributed by atoms with Crippen LogP contribution in [0.25, 0.3) is 11.8 Å². The van der Waals surface area contributed by atoms with Crippen LogP contribution in [0.4, 0.5) is 4.39 Å². The first kappa shape index (κ1) is 19.2. The molecule has 0 amide bonds. The van der Waals surface area contributed by atoms with Crippen LogP contribution < -0.4 is 0 Å². The van der Waals surface area contributed by atoms with Gasteiger partial charge in [-0.1, -0.05) is 25.0 Å². The number of allylic oxidation sites excluding steroid dienone is 1. The first-order valence-electron chi connectivity index (χ1n) is 11.1. The first-order valence-corrected chi connectivity index (χ1v) is 11.1. The quantitative estimate of drug-likeness (QED) is 0.462. The Hall–Kier alpha value is -2.75. The van der Waals surface area contributed by atoms with Crippen LogP contribution in [0.15, 0.2) is 60.4 Å². The second-order valence-electron chi connectivity index (χ2n) is 9.01. The van der Waals surface area contributed by atoms with Gasteiger partial charge >= 0.3 is 0 Å². The molecule has 154 valence electrons. The lowest BCUT2D eigenvalue weighted by Crippen LogP contribution is -2.28. The van der Waals surface area contributed by atoms with Crippen molar-refractivity contribution in [2.45, 2.75) is 51.9 Å². The summed E-state index contributed by atoms with van der Waals surface area (Å²) in [5.41, 5.74) is 6.41. The Balaban J connectivity index is 1.28. The van der Waals surface area contributed by atoms with E-state index in [0.29, 0.717) is 0 Å². The average Bonchev–Trinajstić information content (AvgIpc) is 3.30. The Bertz CT molecular complexity index is 1050. The Morgan fingerprint density at radius 1 is 1.13 bits per heavy atom. The zero-order valence-electron chi connectivity index (χ0n) is 17.5. The Morgan fingerprint density at radius 3 is 2.80 bits per heavy atom. The minimum absolute atomic E-state index is 0.215. The van der Waals surface area contributed by atoms with E-state index in [4.69, 9.17) is 0 Å². The van der Waals surface area contributed by atoms with Crippen molar-refractivity contribution < 1.29 is 4.39 Å². The number of halogens is 1. The molecule has 0 N–H and O–H groups in total. The van der Waals surface area contributed by atoms with Gasteiger partial charge in [0.1, 0.15) is 5.82 Å². The molecule has 0 bridgehead atoms. The highest BCUT2D eigenvalue weighted by atomic mass is 19.1. The van der Waals surface area contributed by atoms with Gasteiger partial charge in [-0.25, -0.2) is 9.07 Å². The topological polar surface area (TPSA) is 30.7 Å². The maximum atomic E-state index is 13.3. The van der Waals surface area contributed by atoms with Crippen LogP contribution in [0.1, 0.15) is 56.0 Å². The minimum atomic E-state index is -0.215. The highest BCUT2D eigenvalue weighted by Gasteiger charge is 2.44. The Labute approximate surface area is 177 Å². The number of pyridine rings is 1. The van der Waals surface area contributed by atoms with Crippen molar-refractivity contribution in [3.05, 3.63) is 83.2 Å². The summed E-state index contributed by atoms with van der Waals surface area (Å²) in [5.74, 6) is 0.516. The molecule has 1 fully saturated rings. The van der Waals surface area contributed by atoms with Gasteiger partial charge in [0.05, 0.1) is 17.6 Å². The molecule has 2 aliphatic rings. The van der Waals surface area contributed by atoms with E-state index in [-0.39, 0.29) is 11.2 Å². The molecule has 2 aliphatic carbocycles. The summed E-state index contributed by atoms with van der Waals surface area (Å²) in [6, 6.07) is 12.8. The number of aromatic nitrogens is 3. The van der Waals surface area contributed by atoms with Gasteiger partial charge in [-0.2, -0.15) is 5.10 Å². The molecule has 5 rings (SSSR count). The maximum absolute atomic E-state index is 13.3. The summed E-state index contributed by atoms with van der Waals surface area (Å²) in [7, 11) is 0. The molecule has 0 unspecified atom stereocenters. The Kier molecular flexibility index (Phi) is 5.01. The van der Waals surface area contributed by atoms with E-state index in [0.717, 1.165) is 24.4 Å². The van der Waals surface area contributed by atoms with E-state index < -0.39 is 0 Å². The zero-order chi connectivity index (χ0) is 20.6. The third-order valence-corrected chi connectivity index (χ3v) is 7.18. The van der Waals surface area contributed by atoms with Gasteiger partial charge in [0.15, 0.2) is 0 Å². The number of fused-ring (bicyclic) bond motifs is 2. The lowest BCUT2D eigenvalue weighted by molar-refractivity contribution is 0.250. The van der Waals surface area contributed by atoms with Crippen LogP contribution >= 0.6 is 0 Å².